The van der Waals surface area contributed by atoms with Gasteiger partial charge in [0.2, 0.25) is 0 Å². The Bertz CT molecular complexity index is 462. The third-order valence-electron chi connectivity index (χ3n) is 7.78. The highest BCUT2D eigenvalue weighted by Crippen LogP contribution is 2.16. The first-order chi connectivity index (χ1) is 18.8. The van der Waals surface area contributed by atoms with Crippen molar-refractivity contribution in [3.8, 4) is 0 Å². The molecule has 38 heavy (non-hydrogen) atoms. The number of hydrogen-bond acceptors (Lipinski definition) is 3. The van der Waals surface area contributed by atoms with Gasteiger partial charge in [0.15, 0.2) is 0 Å². The van der Waals surface area contributed by atoms with E-state index in [2.05, 4.69) is 13.5 Å². The zero-order valence-corrected chi connectivity index (χ0v) is 25.9. The lowest BCUT2D eigenvalue weighted by molar-refractivity contribution is -0.139. The minimum Gasteiger partial charge on any atom is -0.460 e. The molecule has 0 saturated carbocycles. The standard InChI is InChI=1S/C35H68O3/c1-3-5-6-7-8-9-10-11-12-13-14-15-16-17-18-19-20-21-22-23-24-25-26-27-28-29-30-31-32-37-33-34-38-35(36)4-2/h4H,2-3,5-34H2,1H3. The molecular formula is C35H68O3. The van der Waals surface area contributed by atoms with Crippen molar-refractivity contribution < 1.29 is 14.3 Å². The van der Waals surface area contributed by atoms with Gasteiger partial charge in [-0.15, -0.1) is 0 Å². The van der Waals surface area contributed by atoms with Crippen molar-refractivity contribution >= 4 is 5.97 Å². The van der Waals surface area contributed by atoms with Crippen LogP contribution in [0.3, 0.4) is 0 Å². The molecule has 0 spiro atoms. The molecule has 0 aromatic rings. The second-order valence-corrected chi connectivity index (χ2v) is 11.5. The van der Waals surface area contributed by atoms with Crippen LogP contribution in [-0.4, -0.2) is 25.8 Å². The molecule has 226 valence electrons. The number of hydrogen-bond donors (Lipinski definition) is 0. The predicted molar refractivity (Wildman–Crippen MR) is 167 cm³/mol. The molecule has 3 heteroatoms. The van der Waals surface area contributed by atoms with Crippen LogP contribution in [0, 0.1) is 0 Å². The Hall–Kier alpha value is -0.830. The van der Waals surface area contributed by atoms with E-state index < -0.39 is 0 Å². The van der Waals surface area contributed by atoms with Gasteiger partial charge in [-0.25, -0.2) is 4.79 Å². The molecule has 0 aliphatic carbocycles. The van der Waals surface area contributed by atoms with E-state index in [1.807, 2.05) is 0 Å². The molecule has 0 radical (unpaired) electrons. The van der Waals surface area contributed by atoms with E-state index in [-0.39, 0.29) is 5.97 Å². The van der Waals surface area contributed by atoms with Gasteiger partial charge in [-0.1, -0.05) is 187 Å². The maximum atomic E-state index is 10.9. The highest BCUT2D eigenvalue weighted by Gasteiger charge is 1.98. The highest BCUT2D eigenvalue weighted by molar-refractivity contribution is 5.81. The summed E-state index contributed by atoms with van der Waals surface area (Å²) < 4.78 is 10.3. The molecule has 0 rings (SSSR count). The molecule has 0 aromatic heterocycles. The number of unbranched alkanes of at least 4 members (excludes halogenated alkanes) is 27. The van der Waals surface area contributed by atoms with Gasteiger partial charge < -0.3 is 9.47 Å². The summed E-state index contributed by atoms with van der Waals surface area (Å²) in [5.41, 5.74) is 0. The Morgan fingerprint density at radius 3 is 1.03 bits per heavy atom. The quantitative estimate of drug-likeness (QED) is 0.0475. The molecule has 0 N–H and O–H groups in total. The second-order valence-electron chi connectivity index (χ2n) is 11.5. The van der Waals surface area contributed by atoms with Gasteiger partial charge in [0, 0.05) is 12.7 Å². The minimum absolute atomic E-state index is 0.324. The lowest BCUT2D eigenvalue weighted by Gasteiger charge is -2.05. The van der Waals surface area contributed by atoms with Crippen molar-refractivity contribution in [1.29, 1.82) is 0 Å². The molecule has 0 fully saturated rings. The average Bonchev–Trinajstić information content (AvgIpc) is 2.93. The summed E-state index contributed by atoms with van der Waals surface area (Å²) in [6.07, 6.45) is 41.1. The fraction of sp³-hybridized carbons (Fsp3) is 0.914. The van der Waals surface area contributed by atoms with Crippen molar-refractivity contribution in [2.45, 2.75) is 187 Å². The summed E-state index contributed by atoms with van der Waals surface area (Å²) >= 11 is 0. The number of carbonyl (C=O) groups excluding carboxylic acids is 1. The number of rotatable bonds is 33. The zero-order valence-electron chi connectivity index (χ0n) is 25.9. The van der Waals surface area contributed by atoms with E-state index in [0.717, 1.165) is 13.0 Å². The SMILES string of the molecule is C=CC(=O)OCCOCCCCCCCCCCCCCCCCCCCCCCCCCCCCCC. The molecule has 0 aliphatic heterocycles. The topological polar surface area (TPSA) is 35.5 Å². The van der Waals surface area contributed by atoms with Gasteiger partial charge >= 0.3 is 5.97 Å². The number of esters is 1. The van der Waals surface area contributed by atoms with Crippen LogP contribution < -0.4 is 0 Å². The number of ether oxygens (including phenoxy) is 2. The summed E-state index contributed by atoms with van der Waals surface area (Å²) in [7, 11) is 0. The largest absolute Gasteiger partial charge is 0.460 e. The molecule has 3 nitrogen and oxygen atoms in total. The Balaban J connectivity index is 3.04. The van der Waals surface area contributed by atoms with Crippen LogP contribution >= 0.6 is 0 Å². The Kier molecular flexibility index (Phi) is 33.5. The Morgan fingerprint density at radius 2 is 0.737 bits per heavy atom. The number of carbonyl (C=O) groups is 1. The summed E-state index contributed by atoms with van der Waals surface area (Å²) in [5, 5.41) is 0. The Labute approximate surface area is 239 Å². The van der Waals surface area contributed by atoms with Gasteiger partial charge in [-0.2, -0.15) is 0 Å². The van der Waals surface area contributed by atoms with Crippen LogP contribution in [-0.2, 0) is 14.3 Å². The van der Waals surface area contributed by atoms with E-state index in [4.69, 9.17) is 9.47 Å². The highest BCUT2D eigenvalue weighted by atomic mass is 16.6. The molecular weight excluding hydrogens is 468 g/mol. The summed E-state index contributed by atoms with van der Waals surface area (Å²) in [6, 6.07) is 0. The first kappa shape index (κ1) is 37.2. The van der Waals surface area contributed by atoms with Gasteiger partial charge in [0.25, 0.3) is 0 Å². The normalized spacial score (nSPS) is 11.2. The van der Waals surface area contributed by atoms with Crippen molar-refractivity contribution in [3.63, 3.8) is 0 Å². The van der Waals surface area contributed by atoms with Crippen LogP contribution in [0.25, 0.3) is 0 Å². The van der Waals surface area contributed by atoms with E-state index in [9.17, 15) is 4.79 Å². The monoisotopic (exact) mass is 537 g/mol. The average molecular weight is 537 g/mol. The Morgan fingerprint density at radius 1 is 0.447 bits per heavy atom. The summed E-state index contributed by atoms with van der Waals surface area (Å²) in [4.78, 5) is 10.9. The van der Waals surface area contributed by atoms with Crippen LogP contribution in [0.5, 0.6) is 0 Å². The first-order valence-corrected chi connectivity index (χ1v) is 17.2. The van der Waals surface area contributed by atoms with E-state index in [1.165, 1.54) is 179 Å². The lowest BCUT2D eigenvalue weighted by atomic mass is 10.0. The van der Waals surface area contributed by atoms with Crippen LogP contribution in [0.4, 0.5) is 0 Å². The third-order valence-corrected chi connectivity index (χ3v) is 7.78. The molecule has 0 aromatic carbocycles. The molecule has 0 saturated heterocycles. The van der Waals surface area contributed by atoms with Crippen molar-refractivity contribution in [2.24, 2.45) is 0 Å². The molecule has 0 unspecified atom stereocenters. The maximum absolute atomic E-state index is 10.9. The first-order valence-electron chi connectivity index (χ1n) is 17.2. The fourth-order valence-corrected chi connectivity index (χ4v) is 5.24. The lowest BCUT2D eigenvalue weighted by Crippen LogP contribution is -2.08. The van der Waals surface area contributed by atoms with Crippen molar-refractivity contribution in [2.75, 3.05) is 19.8 Å². The fourth-order valence-electron chi connectivity index (χ4n) is 5.24. The molecule has 0 amide bonds. The van der Waals surface area contributed by atoms with E-state index >= 15 is 0 Å². The summed E-state index contributed by atoms with van der Waals surface area (Å²) in [5.74, 6) is -0.376. The van der Waals surface area contributed by atoms with Crippen LogP contribution in [0.1, 0.15) is 187 Å². The van der Waals surface area contributed by atoms with Crippen LogP contribution in [0.15, 0.2) is 12.7 Å². The second kappa shape index (κ2) is 34.2. The molecule has 0 bridgehead atoms. The minimum atomic E-state index is -0.376. The molecule has 0 atom stereocenters. The van der Waals surface area contributed by atoms with Crippen LogP contribution in [0.2, 0.25) is 0 Å². The van der Waals surface area contributed by atoms with Crippen molar-refractivity contribution in [3.05, 3.63) is 12.7 Å². The summed E-state index contributed by atoms with van der Waals surface area (Å²) in [6.45, 7) is 7.25. The molecule has 0 heterocycles. The van der Waals surface area contributed by atoms with Gasteiger partial charge in [0.1, 0.15) is 6.61 Å². The smallest absolute Gasteiger partial charge is 0.330 e. The van der Waals surface area contributed by atoms with Gasteiger partial charge in [-0.05, 0) is 6.42 Å². The third kappa shape index (κ3) is 33.2. The predicted octanol–water partition coefficient (Wildman–Crippen LogP) is 11.7. The maximum Gasteiger partial charge on any atom is 0.330 e. The zero-order chi connectivity index (χ0) is 27.6. The van der Waals surface area contributed by atoms with E-state index in [0.29, 0.717) is 13.2 Å². The molecule has 0 aliphatic rings. The van der Waals surface area contributed by atoms with Crippen molar-refractivity contribution in [1.82, 2.24) is 0 Å². The van der Waals surface area contributed by atoms with E-state index in [1.54, 1.807) is 0 Å². The van der Waals surface area contributed by atoms with Gasteiger partial charge in [0.05, 0.1) is 6.61 Å². The van der Waals surface area contributed by atoms with Gasteiger partial charge in [-0.3, -0.25) is 0 Å².